The zero-order valence-electron chi connectivity index (χ0n) is 8.62. The zero-order valence-corrected chi connectivity index (χ0v) is 8.62. The maximum atomic E-state index is 9.12. The Bertz CT molecular complexity index is 258. The third-order valence-corrected chi connectivity index (χ3v) is 2.01. The second-order valence-corrected chi connectivity index (χ2v) is 3.31. The standard InChI is InChI=1S/C12H17O2/c1-2-3-4-5-9-14-12-8-6-7-11(13)10-12/h6-8,13H,2-5,9H2,1H3. The predicted molar refractivity (Wildman–Crippen MR) is 56.6 cm³/mol. The molecule has 0 spiro atoms. The summed E-state index contributed by atoms with van der Waals surface area (Å²) >= 11 is 0. The van der Waals surface area contributed by atoms with E-state index < -0.39 is 0 Å². The van der Waals surface area contributed by atoms with Crippen molar-refractivity contribution in [2.75, 3.05) is 6.61 Å². The molecule has 0 saturated carbocycles. The molecule has 0 aliphatic rings. The molecule has 0 bridgehead atoms. The Kier molecular flexibility index (Phi) is 4.90. The highest BCUT2D eigenvalue weighted by atomic mass is 16.5. The molecule has 0 aliphatic carbocycles. The van der Waals surface area contributed by atoms with Crippen LogP contribution in [0.4, 0.5) is 0 Å². The van der Waals surface area contributed by atoms with Crippen molar-refractivity contribution in [3.05, 3.63) is 24.3 Å². The molecule has 0 heterocycles. The topological polar surface area (TPSA) is 29.5 Å². The van der Waals surface area contributed by atoms with Gasteiger partial charge in [-0.2, -0.15) is 0 Å². The summed E-state index contributed by atoms with van der Waals surface area (Å²) in [5, 5.41) is 9.12. The summed E-state index contributed by atoms with van der Waals surface area (Å²) in [6.07, 6.45) is 4.76. The summed E-state index contributed by atoms with van der Waals surface area (Å²) in [5.74, 6) is 0.762. The minimum absolute atomic E-state index is 0.135. The minimum atomic E-state index is 0.135. The lowest BCUT2D eigenvalue weighted by Crippen LogP contribution is -1.96. The molecule has 2 heteroatoms. The van der Waals surface area contributed by atoms with Crippen LogP contribution in [0.5, 0.6) is 11.5 Å². The highest BCUT2D eigenvalue weighted by Crippen LogP contribution is 2.16. The molecule has 2 nitrogen and oxygen atoms in total. The normalized spacial score (nSPS) is 10.1. The zero-order chi connectivity index (χ0) is 10.2. The Morgan fingerprint density at radius 2 is 2.14 bits per heavy atom. The number of aromatic hydroxyl groups is 1. The lowest BCUT2D eigenvalue weighted by molar-refractivity contribution is 0.302. The van der Waals surface area contributed by atoms with Crippen LogP contribution in [0, 0.1) is 6.07 Å². The Labute approximate surface area is 85.5 Å². The van der Waals surface area contributed by atoms with E-state index in [1.165, 1.54) is 19.3 Å². The average molecular weight is 193 g/mol. The lowest BCUT2D eigenvalue weighted by atomic mass is 10.2. The molecule has 1 aromatic rings. The summed E-state index contributed by atoms with van der Waals surface area (Å²) in [5.41, 5.74) is 0. The predicted octanol–water partition coefficient (Wildman–Crippen LogP) is 3.15. The summed E-state index contributed by atoms with van der Waals surface area (Å²) < 4.78 is 5.42. The molecule has 0 unspecified atom stereocenters. The summed E-state index contributed by atoms with van der Waals surface area (Å²) in [6.45, 7) is 2.89. The number of phenols is 1. The van der Waals surface area contributed by atoms with Gasteiger partial charge in [-0.05, 0) is 18.6 Å². The smallest absolute Gasteiger partial charge is 0.131 e. The number of rotatable bonds is 6. The van der Waals surface area contributed by atoms with Crippen molar-refractivity contribution in [2.24, 2.45) is 0 Å². The van der Waals surface area contributed by atoms with E-state index in [4.69, 9.17) is 9.84 Å². The van der Waals surface area contributed by atoms with Gasteiger partial charge in [-0.3, -0.25) is 0 Å². The van der Waals surface area contributed by atoms with Gasteiger partial charge in [0.2, 0.25) is 0 Å². The van der Waals surface area contributed by atoms with E-state index >= 15 is 0 Å². The van der Waals surface area contributed by atoms with Crippen LogP contribution in [-0.2, 0) is 0 Å². The Balaban J connectivity index is 2.18. The van der Waals surface area contributed by atoms with Crippen molar-refractivity contribution in [2.45, 2.75) is 32.6 Å². The van der Waals surface area contributed by atoms with Gasteiger partial charge in [0.1, 0.15) is 11.5 Å². The number of hydrogen-bond acceptors (Lipinski definition) is 2. The lowest BCUT2D eigenvalue weighted by Gasteiger charge is -2.05. The van der Waals surface area contributed by atoms with Gasteiger partial charge < -0.3 is 9.84 Å². The molecule has 14 heavy (non-hydrogen) atoms. The first-order valence-corrected chi connectivity index (χ1v) is 5.17. The first kappa shape index (κ1) is 10.9. The molecule has 1 radical (unpaired) electrons. The van der Waals surface area contributed by atoms with E-state index in [-0.39, 0.29) is 5.75 Å². The van der Waals surface area contributed by atoms with Gasteiger partial charge in [-0.1, -0.05) is 32.3 Å². The third kappa shape index (κ3) is 4.17. The molecule has 0 atom stereocenters. The van der Waals surface area contributed by atoms with Gasteiger partial charge >= 0.3 is 0 Å². The SMILES string of the molecule is CCCCCCOc1[c]c(O)ccc1. The maximum absolute atomic E-state index is 9.12. The molecule has 1 aromatic carbocycles. The molecule has 0 aromatic heterocycles. The van der Waals surface area contributed by atoms with Crippen LogP contribution in [0.1, 0.15) is 32.6 Å². The van der Waals surface area contributed by atoms with Crippen molar-refractivity contribution in [1.29, 1.82) is 0 Å². The molecular weight excluding hydrogens is 176 g/mol. The fraction of sp³-hybridized carbons (Fsp3) is 0.500. The number of hydrogen-bond donors (Lipinski definition) is 1. The Morgan fingerprint density at radius 1 is 1.29 bits per heavy atom. The Morgan fingerprint density at radius 3 is 2.86 bits per heavy atom. The van der Waals surface area contributed by atoms with Gasteiger partial charge in [0.25, 0.3) is 0 Å². The highest BCUT2D eigenvalue weighted by Gasteiger charge is 1.95. The van der Waals surface area contributed by atoms with Crippen LogP contribution < -0.4 is 4.74 Å². The van der Waals surface area contributed by atoms with E-state index in [1.54, 1.807) is 18.2 Å². The van der Waals surface area contributed by atoms with Crippen molar-refractivity contribution >= 4 is 0 Å². The van der Waals surface area contributed by atoms with Gasteiger partial charge in [-0.25, -0.2) is 0 Å². The van der Waals surface area contributed by atoms with E-state index in [1.807, 2.05) is 0 Å². The highest BCUT2D eigenvalue weighted by molar-refractivity contribution is 5.29. The van der Waals surface area contributed by atoms with Crippen LogP contribution >= 0.6 is 0 Å². The largest absolute Gasteiger partial charge is 0.507 e. The van der Waals surface area contributed by atoms with Crippen molar-refractivity contribution in [1.82, 2.24) is 0 Å². The van der Waals surface area contributed by atoms with Crippen molar-refractivity contribution in [3.8, 4) is 11.5 Å². The quantitative estimate of drug-likeness (QED) is 0.703. The molecule has 0 fully saturated rings. The number of phenolic OH excluding ortho intramolecular Hbond substituents is 1. The minimum Gasteiger partial charge on any atom is -0.507 e. The van der Waals surface area contributed by atoms with Gasteiger partial charge in [-0.15, -0.1) is 0 Å². The molecule has 77 valence electrons. The second kappa shape index (κ2) is 6.30. The fourth-order valence-corrected chi connectivity index (χ4v) is 1.23. The Hall–Kier alpha value is -1.18. The molecule has 0 aliphatic heterocycles. The first-order chi connectivity index (χ1) is 6.83. The number of unbranched alkanes of at least 4 members (excludes halogenated alkanes) is 3. The third-order valence-electron chi connectivity index (χ3n) is 2.01. The first-order valence-electron chi connectivity index (χ1n) is 5.17. The van der Waals surface area contributed by atoms with Crippen LogP contribution in [-0.4, -0.2) is 11.7 Å². The molecule has 1 rings (SSSR count). The monoisotopic (exact) mass is 193 g/mol. The van der Waals surface area contributed by atoms with E-state index in [9.17, 15) is 0 Å². The van der Waals surface area contributed by atoms with Crippen LogP contribution in [0.15, 0.2) is 18.2 Å². The molecule has 0 amide bonds. The van der Waals surface area contributed by atoms with E-state index in [2.05, 4.69) is 13.0 Å². The maximum Gasteiger partial charge on any atom is 0.131 e. The molecule has 0 saturated heterocycles. The molecule has 1 N–H and O–H groups in total. The summed E-state index contributed by atoms with van der Waals surface area (Å²) in [6, 6.07) is 7.88. The number of ether oxygens (including phenoxy) is 1. The fourth-order valence-electron chi connectivity index (χ4n) is 1.23. The average Bonchev–Trinajstić information content (AvgIpc) is 2.18. The van der Waals surface area contributed by atoms with Crippen molar-refractivity contribution < 1.29 is 9.84 Å². The van der Waals surface area contributed by atoms with Crippen LogP contribution in [0.25, 0.3) is 0 Å². The van der Waals surface area contributed by atoms with Crippen molar-refractivity contribution in [3.63, 3.8) is 0 Å². The second-order valence-electron chi connectivity index (χ2n) is 3.31. The van der Waals surface area contributed by atoms with Gasteiger partial charge in [0.15, 0.2) is 0 Å². The number of benzene rings is 1. The summed E-state index contributed by atoms with van der Waals surface area (Å²) in [7, 11) is 0. The van der Waals surface area contributed by atoms with Gasteiger partial charge in [0.05, 0.1) is 12.7 Å². The van der Waals surface area contributed by atoms with Crippen LogP contribution in [0.3, 0.4) is 0 Å². The summed E-state index contributed by atoms with van der Waals surface area (Å²) in [4.78, 5) is 0. The molecular formula is C12H17O2. The van der Waals surface area contributed by atoms with Crippen LogP contribution in [0.2, 0.25) is 0 Å². The van der Waals surface area contributed by atoms with E-state index in [0.29, 0.717) is 12.4 Å². The van der Waals surface area contributed by atoms with Gasteiger partial charge in [0, 0.05) is 0 Å². The van der Waals surface area contributed by atoms with E-state index in [0.717, 1.165) is 6.42 Å².